The predicted molar refractivity (Wildman–Crippen MR) is 98.0 cm³/mol. The fourth-order valence-electron chi connectivity index (χ4n) is 2.12. The van der Waals surface area contributed by atoms with Crippen LogP contribution in [0.3, 0.4) is 0 Å². The molecule has 0 aliphatic heterocycles. The highest BCUT2D eigenvalue weighted by molar-refractivity contribution is 5.79. The van der Waals surface area contributed by atoms with E-state index in [9.17, 15) is 4.79 Å². The van der Waals surface area contributed by atoms with Crippen molar-refractivity contribution in [2.24, 2.45) is 16.6 Å². The van der Waals surface area contributed by atoms with Gasteiger partial charge in [0.1, 0.15) is 5.75 Å². The van der Waals surface area contributed by atoms with Crippen molar-refractivity contribution >= 4 is 11.9 Å². The lowest BCUT2D eigenvalue weighted by atomic mass is 10.1. The summed E-state index contributed by atoms with van der Waals surface area (Å²) in [7, 11) is 0. The summed E-state index contributed by atoms with van der Waals surface area (Å²) >= 11 is 0. The van der Waals surface area contributed by atoms with Crippen LogP contribution in [0.15, 0.2) is 29.3 Å². The molecule has 1 aromatic rings. The van der Waals surface area contributed by atoms with E-state index in [2.05, 4.69) is 29.5 Å². The van der Waals surface area contributed by atoms with Gasteiger partial charge in [0, 0.05) is 13.1 Å². The summed E-state index contributed by atoms with van der Waals surface area (Å²) < 4.78 is 5.31. The molecule has 0 aliphatic rings. The van der Waals surface area contributed by atoms with E-state index in [0.29, 0.717) is 12.3 Å². The molecule has 0 aliphatic carbocycles. The Balaban J connectivity index is 2.55. The van der Waals surface area contributed by atoms with Crippen LogP contribution in [0.5, 0.6) is 5.75 Å². The number of ether oxygens (including phenoxy) is 1. The maximum absolute atomic E-state index is 10.8. The molecule has 0 aromatic heterocycles. The minimum Gasteiger partial charge on any atom is -0.484 e. The summed E-state index contributed by atoms with van der Waals surface area (Å²) in [5, 5.41) is 6.59. The standard InChI is InChI=1S/C18H30N4O2/c1-4-20-18(21-10-6-7-14(2)3)22-12-15-8-5-9-16(11-15)24-13-17(19)23/h5,8-9,11,14H,4,6-7,10,12-13H2,1-3H3,(H2,19,23)(H2,20,21,22). The zero-order valence-electron chi connectivity index (χ0n) is 15.0. The SMILES string of the molecule is CCNC(=NCc1cccc(OCC(N)=O)c1)NCCCC(C)C. The number of nitrogens with two attached hydrogens (primary N) is 1. The molecule has 0 unspecified atom stereocenters. The largest absolute Gasteiger partial charge is 0.484 e. The van der Waals surface area contributed by atoms with E-state index in [1.807, 2.05) is 25.1 Å². The number of amides is 1. The van der Waals surface area contributed by atoms with Crippen molar-refractivity contribution in [1.82, 2.24) is 10.6 Å². The van der Waals surface area contributed by atoms with Crippen molar-refractivity contribution in [3.63, 3.8) is 0 Å². The molecule has 1 aromatic carbocycles. The van der Waals surface area contributed by atoms with Crippen LogP contribution in [0, 0.1) is 5.92 Å². The highest BCUT2D eigenvalue weighted by Gasteiger charge is 2.01. The normalized spacial score (nSPS) is 11.4. The van der Waals surface area contributed by atoms with Gasteiger partial charge in [-0.05, 0) is 43.4 Å². The molecule has 0 atom stereocenters. The lowest BCUT2D eigenvalue weighted by Gasteiger charge is -2.12. The summed E-state index contributed by atoms with van der Waals surface area (Å²) in [6.45, 7) is 8.65. The zero-order chi connectivity index (χ0) is 17.8. The maximum Gasteiger partial charge on any atom is 0.255 e. The molecule has 0 radical (unpaired) electrons. The van der Waals surface area contributed by atoms with Crippen LogP contribution in [-0.4, -0.2) is 31.6 Å². The van der Waals surface area contributed by atoms with E-state index in [1.165, 1.54) is 6.42 Å². The van der Waals surface area contributed by atoms with Crippen molar-refractivity contribution in [2.75, 3.05) is 19.7 Å². The molecule has 24 heavy (non-hydrogen) atoms. The average molecular weight is 334 g/mol. The predicted octanol–water partition coefficient (Wildman–Crippen LogP) is 2.04. The summed E-state index contributed by atoms with van der Waals surface area (Å²) in [6.07, 6.45) is 2.32. The second-order valence-corrected chi connectivity index (χ2v) is 6.06. The molecular formula is C18H30N4O2. The first-order valence-electron chi connectivity index (χ1n) is 8.53. The molecule has 1 rings (SSSR count). The summed E-state index contributed by atoms with van der Waals surface area (Å²) in [5.41, 5.74) is 6.09. The van der Waals surface area contributed by atoms with Crippen molar-refractivity contribution in [3.8, 4) is 5.75 Å². The van der Waals surface area contributed by atoms with Gasteiger partial charge in [-0.3, -0.25) is 4.79 Å². The number of benzene rings is 1. The molecule has 0 bridgehead atoms. The number of carbonyl (C=O) groups is 1. The topological polar surface area (TPSA) is 88.7 Å². The van der Waals surface area contributed by atoms with Gasteiger partial charge in [-0.2, -0.15) is 0 Å². The minimum absolute atomic E-state index is 0.118. The average Bonchev–Trinajstić information content (AvgIpc) is 2.54. The Labute approximate surface area is 144 Å². The number of hydrogen-bond donors (Lipinski definition) is 3. The van der Waals surface area contributed by atoms with E-state index in [0.717, 1.165) is 37.0 Å². The molecule has 4 N–H and O–H groups in total. The highest BCUT2D eigenvalue weighted by Crippen LogP contribution is 2.14. The van der Waals surface area contributed by atoms with Gasteiger partial charge in [0.2, 0.25) is 0 Å². The van der Waals surface area contributed by atoms with Gasteiger partial charge in [-0.1, -0.05) is 26.0 Å². The fraction of sp³-hybridized carbons (Fsp3) is 0.556. The third-order valence-corrected chi connectivity index (χ3v) is 3.29. The number of hydrogen-bond acceptors (Lipinski definition) is 3. The Bertz CT molecular complexity index is 530. The van der Waals surface area contributed by atoms with Gasteiger partial charge in [0.05, 0.1) is 6.54 Å². The monoisotopic (exact) mass is 334 g/mol. The minimum atomic E-state index is -0.488. The number of nitrogens with zero attached hydrogens (tertiary/aromatic N) is 1. The van der Waals surface area contributed by atoms with E-state index in [1.54, 1.807) is 6.07 Å². The molecule has 0 saturated heterocycles. The summed E-state index contributed by atoms with van der Waals surface area (Å²) in [6, 6.07) is 7.52. The van der Waals surface area contributed by atoms with Crippen molar-refractivity contribution < 1.29 is 9.53 Å². The van der Waals surface area contributed by atoms with Crippen LogP contribution in [-0.2, 0) is 11.3 Å². The lowest BCUT2D eigenvalue weighted by Crippen LogP contribution is -2.37. The Morgan fingerprint density at radius 3 is 2.79 bits per heavy atom. The van der Waals surface area contributed by atoms with Gasteiger partial charge in [-0.25, -0.2) is 4.99 Å². The Morgan fingerprint density at radius 2 is 2.12 bits per heavy atom. The summed E-state index contributed by atoms with van der Waals surface area (Å²) in [4.78, 5) is 15.4. The van der Waals surface area contributed by atoms with Gasteiger partial charge in [0.25, 0.3) is 5.91 Å². The maximum atomic E-state index is 10.8. The molecule has 0 fully saturated rings. The van der Waals surface area contributed by atoms with Crippen LogP contribution >= 0.6 is 0 Å². The molecule has 0 heterocycles. The van der Waals surface area contributed by atoms with Crippen molar-refractivity contribution in [3.05, 3.63) is 29.8 Å². The third-order valence-electron chi connectivity index (χ3n) is 3.29. The van der Waals surface area contributed by atoms with Gasteiger partial charge < -0.3 is 21.1 Å². The van der Waals surface area contributed by atoms with Gasteiger partial charge in [-0.15, -0.1) is 0 Å². The van der Waals surface area contributed by atoms with Crippen LogP contribution < -0.4 is 21.1 Å². The highest BCUT2D eigenvalue weighted by atomic mass is 16.5. The van der Waals surface area contributed by atoms with Gasteiger partial charge in [0.15, 0.2) is 12.6 Å². The number of primary amides is 1. The zero-order valence-corrected chi connectivity index (χ0v) is 15.0. The second kappa shape index (κ2) is 11.3. The first-order chi connectivity index (χ1) is 11.5. The Kier molecular flexibility index (Phi) is 9.34. The quantitative estimate of drug-likeness (QED) is 0.347. The van der Waals surface area contributed by atoms with Crippen molar-refractivity contribution in [2.45, 2.75) is 40.2 Å². The van der Waals surface area contributed by atoms with Crippen LogP contribution in [0.2, 0.25) is 0 Å². The fourth-order valence-corrected chi connectivity index (χ4v) is 2.12. The number of rotatable bonds is 10. The van der Waals surface area contributed by atoms with Crippen LogP contribution in [0.25, 0.3) is 0 Å². The number of guanidine groups is 1. The third kappa shape index (κ3) is 9.02. The van der Waals surface area contributed by atoms with Gasteiger partial charge >= 0.3 is 0 Å². The van der Waals surface area contributed by atoms with E-state index >= 15 is 0 Å². The van der Waals surface area contributed by atoms with Crippen molar-refractivity contribution in [1.29, 1.82) is 0 Å². The number of nitrogens with one attached hydrogen (secondary N) is 2. The molecule has 6 heteroatoms. The first kappa shape index (κ1) is 19.8. The van der Waals surface area contributed by atoms with Crippen LogP contribution in [0.4, 0.5) is 0 Å². The van der Waals surface area contributed by atoms with E-state index < -0.39 is 5.91 Å². The van der Waals surface area contributed by atoms with E-state index in [4.69, 9.17) is 10.5 Å². The molecule has 0 spiro atoms. The number of aliphatic imine (C=N–C) groups is 1. The lowest BCUT2D eigenvalue weighted by molar-refractivity contribution is -0.119. The number of carbonyl (C=O) groups excluding carboxylic acids is 1. The molecule has 134 valence electrons. The Hall–Kier alpha value is -2.24. The first-order valence-corrected chi connectivity index (χ1v) is 8.53. The summed E-state index contributed by atoms with van der Waals surface area (Å²) in [5.74, 6) is 1.66. The van der Waals surface area contributed by atoms with E-state index in [-0.39, 0.29) is 6.61 Å². The molecule has 0 saturated carbocycles. The smallest absolute Gasteiger partial charge is 0.255 e. The Morgan fingerprint density at radius 1 is 1.33 bits per heavy atom. The second-order valence-electron chi connectivity index (χ2n) is 6.06. The molecule has 6 nitrogen and oxygen atoms in total. The molecular weight excluding hydrogens is 304 g/mol. The van der Waals surface area contributed by atoms with Crippen LogP contribution in [0.1, 0.15) is 39.2 Å². The molecule has 1 amide bonds.